The predicted molar refractivity (Wildman–Crippen MR) is 85.5 cm³/mol. The lowest BCUT2D eigenvalue weighted by Gasteiger charge is -2.37. The Labute approximate surface area is 132 Å². The first-order chi connectivity index (χ1) is 10.2. The fourth-order valence-electron chi connectivity index (χ4n) is 2.79. The normalized spacial score (nSPS) is 20.5. The molecular weight excluding hydrogens is 280 g/mol. The van der Waals surface area contributed by atoms with Crippen molar-refractivity contribution >= 4 is 5.97 Å². The number of hydrogen-bond donors (Lipinski definition) is 1. The van der Waals surface area contributed by atoms with E-state index in [4.69, 9.17) is 9.47 Å². The van der Waals surface area contributed by atoms with Crippen LogP contribution in [0.1, 0.15) is 49.4 Å². The standard InChI is InChI=1S/C18H26O4/c1-10(2)17(20)21-9-18(6)8-7-14-13(5)15(19)11(3)12(4)16(14)22-18/h10,19H,7-9H2,1-6H3/t18-/m1/s1. The first kappa shape index (κ1) is 16.7. The topological polar surface area (TPSA) is 55.8 Å². The number of carbonyl (C=O) groups is 1. The van der Waals surface area contributed by atoms with Gasteiger partial charge in [0.05, 0.1) is 5.92 Å². The lowest BCUT2D eigenvalue weighted by molar-refractivity contribution is -0.153. The number of aromatic hydroxyl groups is 1. The Kier molecular flexibility index (Phi) is 4.41. The van der Waals surface area contributed by atoms with Gasteiger partial charge in [0.1, 0.15) is 23.7 Å². The molecule has 122 valence electrons. The van der Waals surface area contributed by atoms with Gasteiger partial charge in [-0.2, -0.15) is 0 Å². The van der Waals surface area contributed by atoms with Crippen LogP contribution in [-0.4, -0.2) is 23.3 Å². The van der Waals surface area contributed by atoms with E-state index in [1.807, 2.05) is 41.5 Å². The average molecular weight is 306 g/mol. The predicted octanol–water partition coefficient (Wildman–Crippen LogP) is 3.60. The van der Waals surface area contributed by atoms with E-state index in [0.29, 0.717) is 5.75 Å². The van der Waals surface area contributed by atoms with Crippen molar-refractivity contribution in [3.05, 3.63) is 22.3 Å². The van der Waals surface area contributed by atoms with Crippen LogP contribution in [0.2, 0.25) is 0 Å². The van der Waals surface area contributed by atoms with E-state index >= 15 is 0 Å². The fraction of sp³-hybridized carbons (Fsp3) is 0.611. The summed E-state index contributed by atoms with van der Waals surface area (Å²) in [6.45, 7) is 11.6. The van der Waals surface area contributed by atoms with Gasteiger partial charge in [-0.15, -0.1) is 0 Å². The highest BCUT2D eigenvalue weighted by Gasteiger charge is 2.36. The Morgan fingerprint density at radius 2 is 1.91 bits per heavy atom. The summed E-state index contributed by atoms with van der Waals surface area (Å²) in [6.07, 6.45) is 1.57. The number of phenols is 1. The molecule has 1 aromatic carbocycles. The van der Waals surface area contributed by atoms with Gasteiger partial charge in [-0.1, -0.05) is 13.8 Å². The van der Waals surface area contributed by atoms with E-state index in [9.17, 15) is 9.90 Å². The van der Waals surface area contributed by atoms with Gasteiger partial charge in [-0.05, 0) is 57.2 Å². The lowest BCUT2D eigenvalue weighted by Crippen LogP contribution is -2.42. The Bertz CT molecular complexity index is 604. The molecule has 2 rings (SSSR count). The van der Waals surface area contributed by atoms with E-state index in [2.05, 4.69) is 0 Å². The van der Waals surface area contributed by atoms with Crippen molar-refractivity contribution < 1.29 is 19.4 Å². The van der Waals surface area contributed by atoms with Crippen LogP contribution >= 0.6 is 0 Å². The van der Waals surface area contributed by atoms with Gasteiger partial charge in [0.15, 0.2) is 0 Å². The largest absolute Gasteiger partial charge is 0.507 e. The summed E-state index contributed by atoms with van der Waals surface area (Å²) in [7, 11) is 0. The Morgan fingerprint density at radius 3 is 2.50 bits per heavy atom. The van der Waals surface area contributed by atoms with Crippen molar-refractivity contribution in [1.82, 2.24) is 0 Å². The van der Waals surface area contributed by atoms with Crippen molar-refractivity contribution in [3.8, 4) is 11.5 Å². The molecule has 1 aromatic rings. The van der Waals surface area contributed by atoms with Crippen LogP contribution in [-0.2, 0) is 16.0 Å². The molecule has 0 spiro atoms. The minimum absolute atomic E-state index is 0.136. The summed E-state index contributed by atoms with van der Waals surface area (Å²) in [5.74, 6) is 0.852. The molecule has 0 aliphatic carbocycles. The molecule has 4 nitrogen and oxygen atoms in total. The van der Waals surface area contributed by atoms with Gasteiger partial charge in [-0.25, -0.2) is 0 Å². The third kappa shape index (κ3) is 2.92. The highest BCUT2D eigenvalue weighted by atomic mass is 16.6. The molecule has 0 amide bonds. The van der Waals surface area contributed by atoms with E-state index < -0.39 is 5.60 Å². The molecular formula is C18H26O4. The van der Waals surface area contributed by atoms with Crippen molar-refractivity contribution in [3.63, 3.8) is 0 Å². The number of hydrogen-bond acceptors (Lipinski definition) is 4. The van der Waals surface area contributed by atoms with E-state index in [-0.39, 0.29) is 18.5 Å². The van der Waals surface area contributed by atoms with Gasteiger partial charge in [-0.3, -0.25) is 4.79 Å². The van der Waals surface area contributed by atoms with Crippen LogP contribution in [0.3, 0.4) is 0 Å². The van der Waals surface area contributed by atoms with Gasteiger partial charge >= 0.3 is 5.97 Å². The van der Waals surface area contributed by atoms with Gasteiger partial charge in [0.25, 0.3) is 0 Å². The summed E-state index contributed by atoms with van der Waals surface area (Å²) in [5.41, 5.74) is 3.24. The van der Waals surface area contributed by atoms with E-state index in [0.717, 1.165) is 40.8 Å². The number of ether oxygens (including phenoxy) is 2. The van der Waals surface area contributed by atoms with Gasteiger partial charge in [0, 0.05) is 5.56 Å². The van der Waals surface area contributed by atoms with Crippen LogP contribution in [0.15, 0.2) is 0 Å². The molecule has 1 aliphatic heterocycles. The third-order valence-electron chi connectivity index (χ3n) is 4.58. The summed E-state index contributed by atoms with van der Waals surface area (Å²) < 4.78 is 11.6. The van der Waals surface area contributed by atoms with Gasteiger partial charge < -0.3 is 14.6 Å². The molecule has 0 bridgehead atoms. The van der Waals surface area contributed by atoms with Crippen LogP contribution in [0.4, 0.5) is 0 Å². The van der Waals surface area contributed by atoms with Crippen LogP contribution < -0.4 is 4.74 Å². The number of benzene rings is 1. The van der Waals surface area contributed by atoms with Crippen molar-refractivity contribution in [2.45, 2.75) is 60.0 Å². The molecule has 0 unspecified atom stereocenters. The third-order valence-corrected chi connectivity index (χ3v) is 4.58. The summed E-state index contributed by atoms with van der Waals surface area (Å²) in [5, 5.41) is 10.2. The molecule has 22 heavy (non-hydrogen) atoms. The van der Waals surface area contributed by atoms with Crippen LogP contribution in [0.25, 0.3) is 0 Å². The zero-order chi connectivity index (χ0) is 16.7. The van der Waals surface area contributed by atoms with Crippen molar-refractivity contribution in [2.75, 3.05) is 6.61 Å². The molecule has 1 N–H and O–H groups in total. The first-order valence-electron chi connectivity index (χ1n) is 7.83. The maximum Gasteiger partial charge on any atom is 0.308 e. The smallest absolute Gasteiger partial charge is 0.308 e. The average Bonchev–Trinajstić information content (AvgIpc) is 2.48. The first-order valence-corrected chi connectivity index (χ1v) is 7.83. The van der Waals surface area contributed by atoms with E-state index in [1.54, 1.807) is 0 Å². The molecule has 0 radical (unpaired) electrons. The molecule has 0 aromatic heterocycles. The maximum atomic E-state index is 11.7. The SMILES string of the molecule is Cc1c(C)c2c(c(C)c1O)CC[C@](C)(COC(=O)C(C)C)O2. The van der Waals surface area contributed by atoms with Gasteiger partial charge in [0.2, 0.25) is 0 Å². The number of phenolic OH excluding ortho intramolecular Hbond substituents is 1. The van der Waals surface area contributed by atoms with Crippen molar-refractivity contribution in [2.24, 2.45) is 5.92 Å². The summed E-state index contributed by atoms with van der Waals surface area (Å²) in [4.78, 5) is 11.7. The number of carbonyl (C=O) groups excluding carboxylic acids is 1. The Balaban J connectivity index is 2.26. The zero-order valence-corrected chi connectivity index (χ0v) is 14.4. The van der Waals surface area contributed by atoms with Crippen LogP contribution in [0, 0.1) is 26.7 Å². The fourth-order valence-corrected chi connectivity index (χ4v) is 2.79. The minimum Gasteiger partial charge on any atom is -0.507 e. The second-order valence-electron chi connectivity index (χ2n) is 6.85. The monoisotopic (exact) mass is 306 g/mol. The second kappa shape index (κ2) is 5.82. The minimum atomic E-state index is -0.516. The molecule has 1 heterocycles. The second-order valence-corrected chi connectivity index (χ2v) is 6.85. The molecule has 0 saturated heterocycles. The quantitative estimate of drug-likeness (QED) is 0.867. The number of fused-ring (bicyclic) bond motifs is 1. The van der Waals surface area contributed by atoms with E-state index in [1.165, 1.54) is 0 Å². The number of esters is 1. The summed E-state index contributed by atoms with van der Waals surface area (Å²) >= 11 is 0. The Morgan fingerprint density at radius 1 is 1.27 bits per heavy atom. The number of rotatable bonds is 3. The molecule has 1 aliphatic rings. The molecule has 4 heteroatoms. The van der Waals surface area contributed by atoms with Crippen molar-refractivity contribution in [1.29, 1.82) is 0 Å². The zero-order valence-electron chi connectivity index (χ0n) is 14.4. The molecule has 0 fully saturated rings. The highest BCUT2D eigenvalue weighted by Crippen LogP contribution is 2.43. The molecule has 0 saturated carbocycles. The Hall–Kier alpha value is -1.71. The summed E-state index contributed by atoms with van der Waals surface area (Å²) in [6, 6.07) is 0. The maximum absolute atomic E-state index is 11.7. The lowest BCUT2D eigenvalue weighted by atomic mass is 9.87. The molecule has 1 atom stereocenters. The highest BCUT2D eigenvalue weighted by molar-refractivity contribution is 5.71. The van der Waals surface area contributed by atoms with Crippen LogP contribution in [0.5, 0.6) is 11.5 Å².